The molecule has 192 valence electrons. The van der Waals surface area contributed by atoms with Crippen molar-refractivity contribution in [3.8, 4) is 22.5 Å². The van der Waals surface area contributed by atoms with Gasteiger partial charge in [-0.05, 0) is 55.0 Å². The Morgan fingerprint density at radius 3 is 2.54 bits per heavy atom. The van der Waals surface area contributed by atoms with E-state index < -0.39 is 29.4 Å². The highest BCUT2D eigenvalue weighted by Crippen LogP contribution is 2.34. The second kappa shape index (κ2) is 11.8. The first-order chi connectivity index (χ1) is 17.9. The maximum atomic E-state index is 15.8. The highest BCUT2D eigenvalue weighted by Gasteiger charge is 2.28. The molecule has 4 rings (SSSR count). The summed E-state index contributed by atoms with van der Waals surface area (Å²) in [6.45, 7) is -0.417. The van der Waals surface area contributed by atoms with E-state index in [2.05, 4.69) is 15.4 Å². The molecule has 2 aromatic carbocycles. The van der Waals surface area contributed by atoms with Crippen molar-refractivity contribution in [1.29, 1.82) is 0 Å². The molecule has 0 radical (unpaired) electrons. The molecule has 1 amide bonds. The summed E-state index contributed by atoms with van der Waals surface area (Å²) in [5.41, 5.74) is 0.134. The van der Waals surface area contributed by atoms with E-state index in [9.17, 15) is 14.3 Å². The third kappa shape index (κ3) is 5.87. The smallest absolute Gasteiger partial charge is 0.252 e. The SMILES string of the molecule is COCn1nc(-c2ccc(F)cc2)c(F)c1-c1c(F)cccc1C(=O)NC(CCO)Cc1ccccn1. The molecule has 0 fully saturated rings. The number of amides is 1. The van der Waals surface area contributed by atoms with Gasteiger partial charge in [-0.3, -0.25) is 9.78 Å². The van der Waals surface area contributed by atoms with Gasteiger partial charge in [0.25, 0.3) is 5.91 Å². The topological polar surface area (TPSA) is 89.3 Å². The largest absolute Gasteiger partial charge is 0.396 e. The standard InChI is InChI=1S/C27H25F3N4O3/c1-37-16-34-26(24(30)25(33-34)17-8-10-18(28)11-9-17)23-21(6-4-7-22(23)29)27(36)32-20(12-14-35)15-19-5-2-3-13-31-19/h2-11,13,20,35H,12,14-16H2,1H3,(H,32,36). The first kappa shape index (κ1) is 26.1. The van der Waals surface area contributed by atoms with Crippen molar-refractivity contribution in [3.63, 3.8) is 0 Å². The number of ether oxygens (including phenoxy) is 1. The number of hydrogen-bond acceptors (Lipinski definition) is 5. The number of aromatic nitrogens is 3. The number of aliphatic hydroxyl groups excluding tert-OH is 1. The van der Waals surface area contributed by atoms with E-state index in [1.54, 1.807) is 18.3 Å². The van der Waals surface area contributed by atoms with Crippen LogP contribution >= 0.6 is 0 Å². The van der Waals surface area contributed by atoms with Crippen LogP contribution in [0, 0.1) is 17.5 Å². The molecule has 37 heavy (non-hydrogen) atoms. The lowest BCUT2D eigenvalue weighted by molar-refractivity contribution is 0.0930. The Kier molecular flexibility index (Phi) is 8.32. The summed E-state index contributed by atoms with van der Waals surface area (Å²) in [6.07, 6.45) is 2.19. The van der Waals surface area contributed by atoms with Gasteiger partial charge in [-0.2, -0.15) is 5.10 Å². The fourth-order valence-corrected chi connectivity index (χ4v) is 4.06. The zero-order valence-electron chi connectivity index (χ0n) is 20.0. The molecule has 0 saturated carbocycles. The maximum absolute atomic E-state index is 15.8. The minimum Gasteiger partial charge on any atom is -0.396 e. The highest BCUT2D eigenvalue weighted by atomic mass is 19.1. The molecule has 2 aromatic heterocycles. The van der Waals surface area contributed by atoms with Crippen molar-refractivity contribution >= 4 is 5.91 Å². The Morgan fingerprint density at radius 2 is 1.86 bits per heavy atom. The molecule has 7 nitrogen and oxygen atoms in total. The van der Waals surface area contributed by atoms with Gasteiger partial charge in [-0.1, -0.05) is 12.1 Å². The summed E-state index contributed by atoms with van der Waals surface area (Å²) in [5, 5.41) is 16.5. The van der Waals surface area contributed by atoms with Crippen molar-refractivity contribution in [2.24, 2.45) is 0 Å². The highest BCUT2D eigenvalue weighted by molar-refractivity contribution is 6.01. The van der Waals surface area contributed by atoms with Crippen LogP contribution in [0.15, 0.2) is 66.9 Å². The van der Waals surface area contributed by atoms with Crippen LogP contribution in [0.5, 0.6) is 0 Å². The molecule has 2 heterocycles. The van der Waals surface area contributed by atoms with Gasteiger partial charge in [-0.15, -0.1) is 0 Å². The number of nitrogens with one attached hydrogen (secondary N) is 1. The fraction of sp³-hybridized carbons (Fsp3) is 0.222. The van der Waals surface area contributed by atoms with E-state index in [0.29, 0.717) is 12.1 Å². The van der Waals surface area contributed by atoms with Crippen molar-refractivity contribution in [3.05, 3.63) is 95.6 Å². The Morgan fingerprint density at radius 1 is 1.08 bits per heavy atom. The summed E-state index contributed by atoms with van der Waals surface area (Å²) in [7, 11) is 1.37. The third-order valence-electron chi connectivity index (χ3n) is 5.75. The number of methoxy groups -OCH3 is 1. The molecule has 0 bridgehead atoms. The van der Waals surface area contributed by atoms with Gasteiger partial charge in [0, 0.05) is 43.6 Å². The average Bonchev–Trinajstić information content (AvgIpc) is 3.20. The van der Waals surface area contributed by atoms with E-state index >= 15 is 8.78 Å². The Labute approximate surface area is 211 Å². The predicted octanol–water partition coefficient (Wildman–Crippen LogP) is 4.36. The Hall–Kier alpha value is -4.02. The van der Waals surface area contributed by atoms with Crippen LogP contribution in [-0.2, 0) is 17.9 Å². The van der Waals surface area contributed by atoms with Gasteiger partial charge >= 0.3 is 0 Å². The number of hydrogen-bond donors (Lipinski definition) is 2. The molecule has 0 aliphatic rings. The molecule has 0 aliphatic carbocycles. The van der Waals surface area contributed by atoms with E-state index in [1.807, 2.05) is 6.07 Å². The molecule has 2 N–H and O–H groups in total. The number of nitrogens with zero attached hydrogens (tertiary/aromatic N) is 3. The summed E-state index contributed by atoms with van der Waals surface area (Å²) in [4.78, 5) is 17.6. The second-order valence-electron chi connectivity index (χ2n) is 8.31. The lowest BCUT2D eigenvalue weighted by Crippen LogP contribution is -2.37. The van der Waals surface area contributed by atoms with Crippen LogP contribution in [-0.4, -0.2) is 45.5 Å². The van der Waals surface area contributed by atoms with E-state index in [0.717, 1.165) is 22.9 Å². The van der Waals surface area contributed by atoms with Crippen molar-refractivity contribution in [2.75, 3.05) is 13.7 Å². The number of rotatable bonds is 10. The van der Waals surface area contributed by atoms with Crippen LogP contribution < -0.4 is 5.32 Å². The summed E-state index contributed by atoms with van der Waals surface area (Å²) < 4.78 is 50.7. The minimum atomic E-state index is -0.886. The Bertz CT molecular complexity index is 1360. The molecule has 0 spiro atoms. The number of aliphatic hydroxyl groups is 1. The molecule has 0 aliphatic heterocycles. The number of halogens is 3. The minimum absolute atomic E-state index is 0.120. The molecule has 0 saturated heterocycles. The summed E-state index contributed by atoms with van der Waals surface area (Å²) in [6, 6.07) is 13.7. The molecular weight excluding hydrogens is 485 g/mol. The van der Waals surface area contributed by atoms with Gasteiger partial charge in [0.2, 0.25) is 0 Å². The quantitative estimate of drug-likeness (QED) is 0.331. The molecule has 10 heteroatoms. The summed E-state index contributed by atoms with van der Waals surface area (Å²) in [5.74, 6) is -2.88. The van der Waals surface area contributed by atoms with Gasteiger partial charge < -0.3 is 15.2 Å². The zero-order chi connectivity index (χ0) is 26.4. The number of pyridine rings is 1. The van der Waals surface area contributed by atoms with Crippen molar-refractivity contribution in [2.45, 2.75) is 25.6 Å². The Balaban J connectivity index is 1.75. The van der Waals surface area contributed by atoms with Gasteiger partial charge in [0.05, 0.1) is 11.1 Å². The molecular formula is C27H25F3N4O3. The maximum Gasteiger partial charge on any atom is 0.252 e. The molecule has 4 aromatic rings. The second-order valence-corrected chi connectivity index (χ2v) is 8.31. The van der Waals surface area contributed by atoms with Crippen LogP contribution in [0.25, 0.3) is 22.5 Å². The van der Waals surface area contributed by atoms with Gasteiger partial charge in [-0.25, -0.2) is 17.9 Å². The van der Waals surface area contributed by atoms with E-state index in [-0.39, 0.29) is 47.8 Å². The first-order valence-electron chi connectivity index (χ1n) is 11.5. The van der Waals surface area contributed by atoms with Gasteiger partial charge in [0.1, 0.15) is 29.8 Å². The third-order valence-corrected chi connectivity index (χ3v) is 5.75. The average molecular weight is 511 g/mol. The van der Waals surface area contributed by atoms with Gasteiger partial charge in [0.15, 0.2) is 5.82 Å². The molecule has 1 unspecified atom stereocenters. The van der Waals surface area contributed by atoms with Crippen LogP contribution in [0.3, 0.4) is 0 Å². The molecule has 1 atom stereocenters. The van der Waals surface area contributed by atoms with Crippen LogP contribution in [0.2, 0.25) is 0 Å². The van der Waals surface area contributed by atoms with Crippen LogP contribution in [0.4, 0.5) is 13.2 Å². The lowest BCUT2D eigenvalue weighted by Gasteiger charge is -2.19. The van der Waals surface area contributed by atoms with Crippen molar-refractivity contribution < 1.29 is 27.8 Å². The number of carbonyl (C=O) groups excluding carboxylic acids is 1. The number of carbonyl (C=O) groups is 1. The lowest BCUT2D eigenvalue weighted by atomic mass is 10.00. The summed E-state index contributed by atoms with van der Waals surface area (Å²) >= 11 is 0. The van der Waals surface area contributed by atoms with E-state index in [4.69, 9.17) is 4.74 Å². The number of benzene rings is 2. The normalized spacial score (nSPS) is 11.9. The van der Waals surface area contributed by atoms with E-state index in [1.165, 1.54) is 31.4 Å². The monoisotopic (exact) mass is 510 g/mol. The first-order valence-corrected chi connectivity index (χ1v) is 11.5. The van der Waals surface area contributed by atoms with Crippen LogP contribution in [0.1, 0.15) is 22.5 Å². The predicted molar refractivity (Wildman–Crippen MR) is 131 cm³/mol. The zero-order valence-corrected chi connectivity index (χ0v) is 20.0. The fourth-order valence-electron chi connectivity index (χ4n) is 4.06. The van der Waals surface area contributed by atoms with Crippen molar-refractivity contribution in [1.82, 2.24) is 20.1 Å².